The highest BCUT2D eigenvalue weighted by molar-refractivity contribution is 7.90. The van der Waals surface area contributed by atoms with Crippen molar-refractivity contribution in [2.45, 2.75) is 32.1 Å². The summed E-state index contributed by atoms with van der Waals surface area (Å²) in [5, 5.41) is 3.72. The van der Waals surface area contributed by atoms with Gasteiger partial charge in [0, 0.05) is 6.04 Å². The van der Waals surface area contributed by atoms with Crippen molar-refractivity contribution < 1.29 is 8.42 Å². The van der Waals surface area contributed by atoms with Crippen molar-refractivity contribution >= 4 is 21.4 Å². The van der Waals surface area contributed by atoms with E-state index in [9.17, 15) is 8.42 Å². The summed E-state index contributed by atoms with van der Waals surface area (Å²) in [4.78, 5) is 0. The molecule has 0 radical (unpaired) electrons. The third-order valence-corrected chi connectivity index (χ3v) is 5.83. The lowest BCUT2D eigenvalue weighted by atomic mass is 10.0. The minimum Gasteiger partial charge on any atom is -0.212 e. The molecule has 1 heterocycles. The van der Waals surface area contributed by atoms with Gasteiger partial charge in [0.05, 0.1) is 5.25 Å². The molecule has 5 heteroatoms. The first-order chi connectivity index (χ1) is 9.40. The van der Waals surface area contributed by atoms with Crippen LogP contribution in [0.15, 0.2) is 41.1 Å². The molecule has 2 aromatic rings. The van der Waals surface area contributed by atoms with Crippen molar-refractivity contribution in [2.24, 2.45) is 0 Å². The molecule has 0 amide bonds. The zero-order chi connectivity index (χ0) is 14.8. The van der Waals surface area contributed by atoms with E-state index in [1.807, 2.05) is 36.6 Å². The summed E-state index contributed by atoms with van der Waals surface area (Å²) in [6.45, 7) is 5.21. The number of thiophene rings is 1. The van der Waals surface area contributed by atoms with Crippen LogP contribution in [0.4, 0.5) is 0 Å². The second-order valence-electron chi connectivity index (χ2n) is 5.07. The standard InChI is InChI=1S/C15H19NO2S2/c1-11(2)20(17,18)16-12(3)13-4-6-14(7-5-13)15-8-9-19-10-15/h4-12,16H,1-3H3. The van der Waals surface area contributed by atoms with Crippen LogP contribution < -0.4 is 4.72 Å². The average molecular weight is 309 g/mol. The Morgan fingerprint density at radius 1 is 1.00 bits per heavy atom. The first-order valence-corrected chi connectivity index (χ1v) is 9.03. The van der Waals surface area contributed by atoms with E-state index < -0.39 is 15.3 Å². The second-order valence-corrected chi connectivity index (χ2v) is 8.12. The summed E-state index contributed by atoms with van der Waals surface area (Å²) < 4.78 is 26.4. The van der Waals surface area contributed by atoms with Crippen LogP contribution in [0.5, 0.6) is 0 Å². The van der Waals surface area contributed by atoms with Gasteiger partial charge in [-0.05, 0) is 54.3 Å². The molecule has 108 valence electrons. The zero-order valence-electron chi connectivity index (χ0n) is 11.8. The lowest BCUT2D eigenvalue weighted by Crippen LogP contribution is -2.32. The number of nitrogens with one attached hydrogen (secondary N) is 1. The van der Waals surface area contributed by atoms with Crippen molar-refractivity contribution in [2.75, 3.05) is 0 Å². The molecule has 0 aliphatic heterocycles. The molecule has 0 saturated heterocycles. The van der Waals surface area contributed by atoms with Crippen LogP contribution in [0.3, 0.4) is 0 Å². The fraction of sp³-hybridized carbons (Fsp3) is 0.333. The van der Waals surface area contributed by atoms with Crippen molar-refractivity contribution in [3.8, 4) is 11.1 Å². The van der Waals surface area contributed by atoms with Crippen LogP contribution in [0.25, 0.3) is 11.1 Å². The lowest BCUT2D eigenvalue weighted by Gasteiger charge is -2.17. The maximum absolute atomic E-state index is 11.9. The highest BCUT2D eigenvalue weighted by Gasteiger charge is 2.19. The Morgan fingerprint density at radius 2 is 1.65 bits per heavy atom. The van der Waals surface area contributed by atoms with Gasteiger partial charge in [0.1, 0.15) is 0 Å². The molecule has 1 aromatic heterocycles. The molecule has 0 spiro atoms. The SMILES string of the molecule is CC(NS(=O)(=O)C(C)C)c1ccc(-c2ccsc2)cc1. The molecule has 1 atom stereocenters. The fourth-order valence-electron chi connectivity index (χ4n) is 1.84. The van der Waals surface area contributed by atoms with Crippen LogP contribution in [-0.2, 0) is 10.0 Å². The predicted octanol–water partition coefficient (Wildman–Crippen LogP) is 3.80. The minimum atomic E-state index is -3.25. The molecule has 0 aliphatic rings. The van der Waals surface area contributed by atoms with Gasteiger partial charge in [0.2, 0.25) is 10.0 Å². The maximum Gasteiger partial charge on any atom is 0.214 e. The van der Waals surface area contributed by atoms with Crippen LogP contribution in [0.1, 0.15) is 32.4 Å². The van der Waals surface area contributed by atoms with E-state index in [4.69, 9.17) is 0 Å². The van der Waals surface area contributed by atoms with E-state index in [1.54, 1.807) is 25.2 Å². The molecule has 1 N–H and O–H groups in total. The maximum atomic E-state index is 11.9. The fourth-order valence-corrected chi connectivity index (χ4v) is 3.41. The number of sulfonamides is 1. The molecule has 2 rings (SSSR count). The first-order valence-electron chi connectivity index (χ1n) is 6.54. The van der Waals surface area contributed by atoms with Gasteiger partial charge in [-0.25, -0.2) is 13.1 Å². The Labute approximate surface area is 124 Å². The number of hydrogen-bond acceptors (Lipinski definition) is 3. The molecule has 0 bridgehead atoms. The van der Waals surface area contributed by atoms with Gasteiger partial charge in [0.25, 0.3) is 0 Å². The Balaban J connectivity index is 2.14. The molecule has 1 unspecified atom stereocenters. The van der Waals surface area contributed by atoms with Gasteiger partial charge in [-0.1, -0.05) is 24.3 Å². The monoisotopic (exact) mass is 309 g/mol. The largest absolute Gasteiger partial charge is 0.214 e. The minimum absolute atomic E-state index is 0.223. The lowest BCUT2D eigenvalue weighted by molar-refractivity contribution is 0.558. The Kier molecular flexibility index (Phi) is 4.62. The van der Waals surface area contributed by atoms with Crippen LogP contribution >= 0.6 is 11.3 Å². The third-order valence-electron chi connectivity index (χ3n) is 3.23. The average Bonchev–Trinajstić information content (AvgIpc) is 2.92. The van der Waals surface area contributed by atoms with Gasteiger partial charge in [-0.2, -0.15) is 11.3 Å². The Hall–Kier alpha value is -1.17. The zero-order valence-corrected chi connectivity index (χ0v) is 13.5. The normalized spacial score (nSPS) is 13.6. The van der Waals surface area contributed by atoms with E-state index in [2.05, 4.69) is 16.2 Å². The van der Waals surface area contributed by atoms with Gasteiger partial charge in [-0.3, -0.25) is 0 Å². The smallest absolute Gasteiger partial charge is 0.212 e. The highest BCUT2D eigenvalue weighted by Crippen LogP contribution is 2.24. The van der Waals surface area contributed by atoms with Gasteiger partial charge < -0.3 is 0 Å². The third kappa shape index (κ3) is 3.48. The summed E-state index contributed by atoms with van der Waals surface area (Å²) in [5.41, 5.74) is 3.30. The van der Waals surface area contributed by atoms with Gasteiger partial charge in [0.15, 0.2) is 0 Å². The van der Waals surface area contributed by atoms with E-state index in [1.165, 1.54) is 5.56 Å². The van der Waals surface area contributed by atoms with Crippen LogP contribution in [0, 0.1) is 0 Å². The van der Waals surface area contributed by atoms with E-state index in [-0.39, 0.29) is 6.04 Å². The molecule has 0 fully saturated rings. The Morgan fingerprint density at radius 3 is 2.15 bits per heavy atom. The van der Waals surface area contributed by atoms with Crippen molar-refractivity contribution in [3.63, 3.8) is 0 Å². The molecular formula is C15H19NO2S2. The number of benzene rings is 1. The molecule has 1 aromatic carbocycles. The molecular weight excluding hydrogens is 290 g/mol. The molecule has 20 heavy (non-hydrogen) atoms. The summed E-state index contributed by atoms with van der Waals surface area (Å²) in [6, 6.07) is 9.85. The van der Waals surface area contributed by atoms with Gasteiger partial charge >= 0.3 is 0 Å². The quantitative estimate of drug-likeness (QED) is 0.913. The Bertz CT molecular complexity index is 644. The molecule has 0 saturated carbocycles. The second kappa shape index (κ2) is 6.08. The van der Waals surface area contributed by atoms with E-state index in [0.717, 1.165) is 11.1 Å². The van der Waals surface area contributed by atoms with Crippen molar-refractivity contribution in [1.29, 1.82) is 0 Å². The summed E-state index contributed by atoms with van der Waals surface area (Å²) in [5.74, 6) is 0. The molecule has 3 nitrogen and oxygen atoms in total. The van der Waals surface area contributed by atoms with E-state index in [0.29, 0.717) is 0 Å². The van der Waals surface area contributed by atoms with Crippen molar-refractivity contribution in [1.82, 2.24) is 4.72 Å². The molecule has 0 aliphatic carbocycles. The summed E-state index contributed by atoms with van der Waals surface area (Å²) in [7, 11) is -3.25. The van der Waals surface area contributed by atoms with E-state index >= 15 is 0 Å². The summed E-state index contributed by atoms with van der Waals surface area (Å²) >= 11 is 1.66. The van der Waals surface area contributed by atoms with Crippen LogP contribution in [-0.4, -0.2) is 13.7 Å². The first kappa shape index (κ1) is 15.2. The van der Waals surface area contributed by atoms with Gasteiger partial charge in [-0.15, -0.1) is 0 Å². The van der Waals surface area contributed by atoms with Crippen molar-refractivity contribution in [3.05, 3.63) is 46.7 Å². The summed E-state index contributed by atoms with van der Waals surface area (Å²) in [6.07, 6.45) is 0. The van der Waals surface area contributed by atoms with Crippen LogP contribution in [0.2, 0.25) is 0 Å². The predicted molar refractivity (Wildman–Crippen MR) is 85.4 cm³/mol. The number of hydrogen-bond donors (Lipinski definition) is 1. The topological polar surface area (TPSA) is 46.2 Å². The highest BCUT2D eigenvalue weighted by atomic mass is 32.2. The number of rotatable bonds is 5.